The zero-order valence-corrected chi connectivity index (χ0v) is 12.9. The Morgan fingerprint density at radius 3 is 2.72 bits per heavy atom. The van der Waals surface area contributed by atoms with Crippen molar-refractivity contribution in [2.75, 3.05) is 20.1 Å². The first-order valence-electron chi connectivity index (χ1n) is 6.84. The zero-order chi connectivity index (χ0) is 13.0. The molecule has 0 amide bonds. The van der Waals surface area contributed by atoms with E-state index in [4.69, 9.17) is 0 Å². The summed E-state index contributed by atoms with van der Waals surface area (Å²) in [5.74, 6) is 0. The van der Waals surface area contributed by atoms with Crippen molar-refractivity contribution < 1.29 is 0 Å². The van der Waals surface area contributed by atoms with Crippen LogP contribution in [0, 0.1) is 0 Å². The standard InChI is InChI=1S/C15H23BrN2/c1-12(10-13-5-7-14(16)8-6-13)18(2)15-4-3-9-17-11-15/h5-8,12,15,17H,3-4,9-11H2,1-2H3. The molecule has 1 aromatic rings. The predicted molar refractivity (Wildman–Crippen MR) is 81.0 cm³/mol. The monoisotopic (exact) mass is 310 g/mol. The van der Waals surface area contributed by atoms with Crippen molar-refractivity contribution in [1.82, 2.24) is 10.2 Å². The van der Waals surface area contributed by atoms with Gasteiger partial charge in [0, 0.05) is 23.1 Å². The maximum Gasteiger partial charge on any atom is 0.0221 e. The van der Waals surface area contributed by atoms with Crippen LogP contribution in [0.5, 0.6) is 0 Å². The molecule has 2 nitrogen and oxygen atoms in total. The van der Waals surface area contributed by atoms with Crippen LogP contribution in [0.25, 0.3) is 0 Å². The van der Waals surface area contributed by atoms with Crippen molar-refractivity contribution in [3.63, 3.8) is 0 Å². The van der Waals surface area contributed by atoms with Crippen LogP contribution in [0.1, 0.15) is 25.3 Å². The van der Waals surface area contributed by atoms with Crippen LogP contribution in [0.2, 0.25) is 0 Å². The molecule has 1 N–H and O–H groups in total. The van der Waals surface area contributed by atoms with Crippen molar-refractivity contribution >= 4 is 15.9 Å². The molecule has 1 aliphatic rings. The second-order valence-electron chi connectivity index (χ2n) is 5.35. The number of hydrogen-bond donors (Lipinski definition) is 1. The third kappa shape index (κ3) is 3.81. The summed E-state index contributed by atoms with van der Waals surface area (Å²) in [6.07, 6.45) is 3.76. The molecule has 18 heavy (non-hydrogen) atoms. The Kier molecular flexibility index (Phi) is 5.22. The number of hydrogen-bond acceptors (Lipinski definition) is 2. The summed E-state index contributed by atoms with van der Waals surface area (Å²) in [6.45, 7) is 4.66. The van der Waals surface area contributed by atoms with Gasteiger partial charge in [0.1, 0.15) is 0 Å². The van der Waals surface area contributed by atoms with E-state index >= 15 is 0 Å². The fourth-order valence-corrected chi connectivity index (χ4v) is 2.91. The lowest BCUT2D eigenvalue weighted by molar-refractivity contribution is 0.155. The molecule has 0 bridgehead atoms. The van der Waals surface area contributed by atoms with Gasteiger partial charge in [-0.3, -0.25) is 4.90 Å². The second-order valence-corrected chi connectivity index (χ2v) is 6.26. The van der Waals surface area contributed by atoms with Crippen LogP contribution < -0.4 is 5.32 Å². The van der Waals surface area contributed by atoms with Gasteiger partial charge in [-0.15, -0.1) is 0 Å². The van der Waals surface area contributed by atoms with Gasteiger partial charge in [-0.2, -0.15) is 0 Å². The average Bonchev–Trinajstić information content (AvgIpc) is 2.41. The van der Waals surface area contributed by atoms with Crippen molar-refractivity contribution in [2.45, 2.75) is 38.3 Å². The number of likely N-dealkylation sites (N-methyl/N-ethyl adjacent to an activating group) is 1. The van der Waals surface area contributed by atoms with Crippen molar-refractivity contribution in [3.8, 4) is 0 Å². The molecule has 1 aromatic carbocycles. The summed E-state index contributed by atoms with van der Waals surface area (Å²) >= 11 is 3.48. The van der Waals surface area contributed by atoms with E-state index in [1.54, 1.807) is 0 Å². The molecule has 1 fully saturated rings. The first-order chi connectivity index (χ1) is 8.66. The molecule has 0 aliphatic carbocycles. The number of nitrogens with zero attached hydrogens (tertiary/aromatic N) is 1. The van der Waals surface area contributed by atoms with Gasteiger partial charge in [0.05, 0.1) is 0 Å². The van der Waals surface area contributed by atoms with Crippen LogP contribution in [0.4, 0.5) is 0 Å². The van der Waals surface area contributed by atoms with Crippen LogP contribution in [0.3, 0.4) is 0 Å². The van der Waals surface area contributed by atoms with Crippen molar-refractivity contribution in [3.05, 3.63) is 34.3 Å². The summed E-state index contributed by atoms with van der Waals surface area (Å²) in [4.78, 5) is 2.54. The van der Waals surface area contributed by atoms with E-state index in [9.17, 15) is 0 Å². The number of halogens is 1. The minimum Gasteiger partial charge on any atom is -0.315 e. The van der Waals surface area contributed by atoms with Gasteiger partial charge in [-0.05, 0) is 57.5 Å². The van der Waals surface area contributed by atoms with Crippen LogP contribution in [-0.2, 0) is 6.42 Å². The molecule has 100 valence electrons. The lowest BCUT2D eigenvalue weighted by Crippen LogP contribution is -2.48. The summed E-state index contributed by atoms with van der Waals surface area (Å²) in [5.41, 5.74) is 1.42. The topological polar surface area (TPSA) is 15.3 Å². The molecule has 2 rings (SSSR count). The number of rotatable bonds is 4. The molecule has 0 saturated carbocycles. The zero-order valence-electron chi connectivity index (χ0n) is 11.3. The highest BCUT2D eigenvalue weighted by Crippen LogP contribution is 2.16. The van der Waals surface area contributed by atoms with Gasteiger partial charge in [0.25, 0.3) is 0 Å². The first kappa shape index (κ1) is 14.0. The molecule has 1 heterocycles. The normalized spacial score (nSPS) is 22.1. The Balaban J connectivity index is 1.89. The Bertz CT molecular complexity index is 357. The van der Waals surface area contributed by atoms with Gasteiger partial charge in [-0.25, -0.2) is 0 Å². The largest absolute Gasteiger partial charge is 0.315 e. The van der Waals surface area contributed by atoms with Gasteiger partial charge in [0.15, 0.2) is 0 Å². The Labute approximate surface area is 119 Å². The molecule has 0 radical (unpaired) electrons. The minimum atomic E-state index is 0.594. The Hall–Kier alpha value is -0.380. The maximum atomic E-state index is 3.49. The summed E-state index contributed by atoms with van der Waals surface area (Å²) in [5, 5.41) is 3.49. The van der Waals surface area contributed by atoms with Crippen LogP contribution in [0.15, 0.2) is 28.7 Å². The van der Waals surface area contributed by atoms with E-state index < -0.39 is 0 Å². The van der Waals surface area contributed by atoms with Gasteiger partial charge >= 0.3 is 0 Å². The Morgan fingerprint density at radius 1 is 1.39 bits per heavy atom. The molecule has 1 aliphatic heterocycles. The third-order valence-electron chi connectivity index (χ3n) is 3.99. The van der Waals surface area contributed by atoms with E-state index in [2.05, 4.69) is 64.4 Å². The third-order valence-corrected chi connectivity index (χ3v) is 4.52. The molecule has 3 heteroatoms. The fraction of sp³-hybridized carbons (Fsp3) is 0.600. The van der Waals surface area contributed by atoms with Crippen LogP contribution in [-0.4, -0.2) is 37.1 Å². The highest BCUT2D eigenvalue weighted by molar-refractivity contribution is 9.10. The van der Waals surface area contributed by atoms with E-state index in [1.165, 1.54) is 24.9 Å². The molecule has 1 saturated heterocycles. The number of nitrogens with one attached hydrogen (secondary N) is 1. The maximum absolute atomic E-state index is 3.49. The van der Waals surface area contributed by atoms with E-state index in [0.717, 1.165) is 17.4 Å². The summed E-state index contributed by atoms with van der Waals surface area (Å²) in [7, 11) is 2.27. The predicted octanol–water partition coefficient (Wildman–Crippen LogP) is 3.06. The molecule has 0 spiro atoms. The summed E-state index contributed by atoms with van der Waals surface area (Å²) < 4.78 is 1.16. The molecular formula is C15H23BrN2. The molecule has 2 unspecified atom stereocenters. The van der Waals surface area contributed by atoms with E-state index in [-0.39, 0.29) is 0 Å². The van der Waals surface area contributed by atoms with Crippen molar-refractivity contribution in [2.24, 2.45) is 0 Å². The average molecular weight is 311 g/mol. The SMILES string of the molecule is CC(Cc1ccc(Br)cc1)N(C)C1CCCNC1. The lowest BCUT2D eigenvalue weighted by Gasteiger charge is -2.36. The second kappa shape index (κ2) is 6.69. The fourth-order valence-electron chi connectivity index (χ4n) is 2.65. The van der Waals surface area contributed by atoms with Gasteiger partial charge in [-0.1, -0.05) is 28.1 Å². The number of piperidine rings is 1. The minimum absolute atomic E-state index is 0.594. The number of benzene rings is 1. The Morgan fingerprint density at radius 2 is 2.11 bits per heavy atom. The first-order valence-corrected chi connectivity index (χ1v) is 7.63. The van der Waals surface area contributed by atoms with Crippen LogP contribution >= 0.6 is 15.9 Å². The summed E-state index contributed by atoms with van der Waals surface area (Å²) in [6, 6.07) is 9.98. The van der Waals surface area contributed by atoms with Gasteiger partial charge in [0.2, 0.25) is 0 Å². The highest BCUT2D eigenvalue weighted by Gasteiger charge is 2.21. The quantitative estimate of drug-likeness (QED) is 0.919. The molecule has 2 atom stereocenters. The lowest BCUT2D eigenvalue weighted by atomic mass is 10.0. The van der Waals surface area contributed by atoms with Crippen molar-refractivity contribution in [1.29, 1.82) is 0 Å². The van der Waals surface area contributed by atoms with Gasteiger partial charge < -0.3 is 5.32 Å². The molecule has 0 aromatic heterocycles. The smallest absolute Gasteiger partial charge is 0.0221 e. The van der Waals surface area contributed by atoms with E-state index in [1.807, 2.05) is 0 Å². The molecular weight excluding hydrogens is 288 g/mol. The van der Waals surface area contributed by atoms with E-state index in [0.29, 0.717) is 12.1 Å². The highest BCUT2D eigenvalue weighted by atomic mass is 79.9.